The van der Waals surface area contributed by atoms with Gasteiger partial charge < -0.3 is 0 Å². The zero-order chi connectivity index (χ0) is 5.70. The van der Waals surface area contributed by atoms with Crippen LogP contribution in [0, 0.1) is 0 Å². The molecule has 0 spiro atoms. The fourth-order valence-corrected chi connectivity index (χ4v) is 1.06. The lowest BCUT2D eigenvalue weighted by atomic mass is 10.1. The van der Waals surface area contributed by atoms with E-state index in [1.165, 1.54) is 12.9 Å². The minimum atomic E-state index is 0.819. The summed E-state index contributed by atoms with van der Waals surface area (Å²) in [7, 11) is 2.24. The molecule has 40 valence electrons. The van der Waals surface area contributed by atoms with Crippen molar-refractivity contribution in [3.05, 3.63) is 0 Å². The SMILES string of the molecule is BC(C)SBCC. The van der Waals surface area contributed by atoms with E-state index < -0.39 is 0 Å². The average Bonchev–Trinajstić information content (AvgIpc) is 1.61. The van der Waals surface area contributed by atoms with Gasteiger partial charge in [-0.3, -0.25) is 0 Å². The van der Waals surface area contributed by atoms with Crippen molar-refractivity contribution in [1.82, 2.24) is 0 Å². The van der Waals surface area contributed by atoms with Crippen LogP contribution >= 0.6 is 11.6 Å². The summed E-state index contributed by atoms with van der Waals surface area (Å²) in [6.07, 6.45) is 1.31. The van der Waals surface area contributed by atoms with Gasteiger partial charge in [0.05, 0.1) is 0 Å². The molecule has 0 heterocycles. The van der Waals surface area contributed by atoms with Gasteiger partial charge in [-0.25, -0.2) is 11.6 Å². The second-order valence-electron chi connectivity index (χ2n) is 1.92. The van der Waals surface area contributed by atoms with E-state index in [0.29, 0.717) is 0 Å². The first kappa shape index (κ1) is 7.48. The fourth-order valence-electron chi connectivity index (χ4n) is 0.354. The highest BCUT2D eigenvalue weighted by Gasteiger charge is 1.90. The van der Waals surface area contributed by atoms with Gasteiger partial charge in [-0.1, -0.05) is 20.2 Å². The molecule has 0 bridgehead atoms. The van der Waals surface area contributed by atoms with Crippen molar-refractivity contribution in [3.63, 3.8) is 0 Å². The van der Waals surface area contributed by atoms with Crippen molar-refractivity contribution in [2.24, 2.45) is 0 Å². The van der Waals surface area contributed by atoms with Gasteiger partial charge in [-0.05, 0) is 5.15 Å². The molecule has 0 amide bonds. The van der Waals surface area contributed by atoms with Crippen LogP contribution in [0.1, 0.15) is 13.8 Å². The lowest BCUT2D eigenvalue weighted by Gasteiger charge is -1.98. The molecule has 0 radical (unpaired) electrons. The Morgan fingerprint density at radius 2 is 2.43 bits per heavy atom. The predicted octanol–water partition coefficient (Wildman–Crippen LogP) is 0.488. The maximum absolute atomic E-state index is 2.24. The summed E-state index contributed by atoms with van der Waals surface area (Å²) in [6.45, 7) is 5.77. The van der Waals surface area contributed by atoms with Crippen molar-refractivity contribution < 1.29 is 0 Å². The molecule has 3 heteroatoms. The smallest absolute Gasteiger partial charge is 0.190 e. The van der Waals surface area contributed by atoms with Crippen LogP contribution in [0.2, 0.25) is 6.32 Å². The highest BCUT2D eigenvalue weighted by molar-refractivity contribution is 8.23. The molecule has 7 heavy (non-hydrogen) atoms. The monoisotopic (exact) mass is 114 g/mol. The summed E-state index contributed by atoms with van der Waals surface area (Å²) in [5, 5.41) is 0.819. The predicted molar refractivity (Wildman–Crippen MR) is 43.2 cm³/mol. The second-order valence-corrected chi connectivity index (χ2v) is 3.60. The lowest BCUT2D eigenvalue weighted by Crippen LogP contribution is -1.95. The Balaban J connectivity index is 2.68. The number of hydrogen-bond acceptors (Lipinski definition) is 1. The van der Waals surface area contributed by atoms with Gasteiger partial charge in [-0.15, -0.1) is 0 Å². The quantitative estimate of drug-likeness (QED) is 0.481. The Bertz CT molecular complexity index is 38.7. The summed E-state index contributed by atoms with van der Waals surface area (Å²) >= 11 is 2.03. The highest BCUT2D eigenvalue weighted by Crippen LogP contribution is 2.04. The molecule has 0 aliphatic rings. The molecular formula is C4H12B2S. The molecule has 0 saturated heterocycles. The third-order valence-electron chi connectivity index (χ3n) is 0.655. The fraction of sp³-hybridized carbons (Fsp3) is 1.00. The van der Waals surface area contributed by atoms with Crippen LogP contribution in [0.15, 0.2) is 0 Å². The van der Waals surface area contributed by atoms with E-state index >= 15 is 0 Å². The third kappa shape index (κ3) is 6.48. The summed E-state index contributed by atoms with van der Waals surface area (Å²) < 4.78 is 0. The van der Waals surface area contributed by atoms with Crippen molar-refractivity contribution in [2.45, 2.75) is 25.3 Å². The maximum Gasteiger partial charge on any atom is 0.190 e. The summed E-state index contributed by atoms with van der Waals surface area (Å²) in [6, 6.07) is 0. The van der Waals surface area contributed by atoms with Gasteiger partial charge in [0.1, 0.15) is 7.85 Å². The minimum Gasteiger partial charge on any atom is -0.221 e. The molecule has 0 fully saturated rings. The van der Waals surface area contributed by atoms with Crippen LogP contribution in [-0.2, 0) is 0 Å². The topological polar surface area (TPSA) is 0 Å². The average molecular weight is 114 g/mol. The van der Waals surface area contributed by atoms with Crippen LogP contribution in [-0.4, -0.2) is 19.6 Å². The van der Waals surface area contributed by atoms with Gasteiger partial charge in [0.25, 0.3) is 0 Å². The standard InChI is InChI=1S/C4H12B2S/c1-3-6-7-4(2)5/h4,6H,3,5H2,1-2H3. The van der Waals surface area contributed by atoms with Crippen LogP contribution in [0.5, 0.6) is 0 Å². The van der Waals surface area contributed by atoms with Gasteiger partial charge in [0, 0.05) is 0 Å². The zero-order valence-electron chi connectivity index (χ0n) is 5.40. The maximum atomic E-state index is 2.24. The Labute approximate surface area is 52.0 Å². The van der Waals surface area contributed by atoms with Crippen LogP contribution in [0.4, 0.5) is 0 Å². The van der Waals surface area contributed by atoms with Crippen molar-refractivity contribution in [2.75, 3.05) is 0 Å². The summed E-state index contributed by atoms with van der Waals surface area (Å²) in [5.74, 6) is 0. The first-order valence-corrected chi connectivity index (χ1v) is 3.93. The molecular weight excluding hydrogens is 102 g/mol. The molecule has 0 aromatic rings. The van der Waals surface area contributed by atoms with Gasteiger partial charge >= 0.3 is 0 Å². The highest BCUT2D eigenvalue weighted by atomic mass is 32.2. The summed E-state index contributed by atoms with van der Waals surface area (Å²) in [5.41, 5.74) is 0. The molecule has 0 rings (SSSR count). The minimum absolute atomic E-state index is 0.819. The van der Waals surface area contributed by atoms with Crippen LogP contribution in [0.25, 0.3) is 0 Å². The molecule has 1 unspecified atom stereocenters. The normalized spacial score (nSPS) is 13.4. The molecule has 0 aliphatic heterocycles. The lowest BCUT2D eigenvalue weighted by molar-refractivity contribution is 1.41. The van der Waals surface area contributed by atoms with E-state index in [2.05, 4.69) is 21.7 Å². The second kappa shape index (κ2) is 4.63. The Morgan fingerprint density at radius 1 is 1.86 bits per heavy atom. The molecule has 0 N–H and O–H groups in total. The number of rotatable bonds is 3. The molecule has 0 aromatic carbocycles. The van der Waals surface area contributed by atoms with Crippen molar-refractivity contribution >= 4 is 26.0 Å². The molecule has 0 aromatic heterocycles. The van der Waals surface area contributed by atoms with E-state index in [1.54, 1.807) is 0 Å². The first-order chi connectivity index (χ1) is 3.27. The van der Waals surface area contributed by atoms with Gasteiger partial charge in [-0.2, -0.15) is 0 Å². The molecule has 0 saturated carbocycles. The van der Waals surface area contributed by atoms with Gasteiger partial charge in [0.2, 0.25) is 0 Å². The largest absolute Gasteiger partial charge is 0.221 e. The van der Waals surface area contributed by atoms with Crippen molar-refractivity contribution in [1.29, 1.82) is 0 Å². The number of hydrogen-bond donors (Lipinski definition) is 0. The Kier molecular flexibility index (Phi) is 4.95. The van der Waals surface area contributed by atoms with Crippen LogP contribution < -0.4 is 0 Å². The van der Waals surface area contributed by atoms with Gasteiger partial charge in [0.15, 0.2) is 6.56 Å². The van der Waals surface area contributed by atoms with E-state index in [-0.39, 0.29) is 0 Å². The van der Waals surface area contributed by atoms with E-state index in [0.717, 1.165) is 5.15 Å². The molecule has 0 nitrogen and oxygen atoms in total. The van der Waals surface area contributed by atoms with E-state index in [4.69, 9.17) is 0 Å². The third-order valence-corrected chi connectivity index (χ3v) is 1.97. The van der Waals surface area contributed by atoms with E-state index in [1.807, 2.05) is 11.6 Å². The van der Waals surface area contributed by atoms with Crippen LogP contribution in [0.3, 0.4) is 0 Å². The molecule has 1 atom stereocenters. The summed E-state index contributed by atoms with van der Waals surface area (Å²) in [4.78, 5) is 0. The Hall–Kier alpha value is 0.480. The zero-order valence-corrected chi connectivity index (χ0v) is 6.22. The van der Waals surface area contributed by atoms with Crippen molar-refractivity contribution in [3.8, 4) is 0 Å². The first-order valence-electron chi connectivity index (χ1n) is 2.89. The van der Waals surface area contributed by atoms with E-state index in [9.17, 15) is 0 Å². The molecule has 0 aliphatic carbocycles. The Morgan fingerprint density at radius 3 is 2.57 bits per heavy atom.